The monoisotopic (exact) mass is 985 g/mol. The van der Waals surface area contributed by atoms with Gasteiger partial charge in [-0.2, -0.15) is 0 Å². The fraction of sp³-hybridized carbons (Fsp3) is 0.677. The van der Waals surface area contributed by atoms with Crippen molar-refractivity contribution in [3.63, 3.8) is 0 Å². The van der Waals surface area contributed by atoms with Crippen LogP contribution in [-0.2, 0) is 28.6 Å². The van der Waals surface area contributed by atoms with Gasteiger partial charge in [-0.3, -0.25) is 14.4 Å². The highest BCUT2D eigenvalue weighted by molar-refractivity contribution is 5.71. The molecule has 404 valence electrons. The second-order valence-corrected chi connectivity index (χ2v) is 19.1. The van der Waals surface area contributed by atoms with E-state index in [4.69, 9.17) is 14.2 Å². The van der Waals surface area contributed by atoms with Crippen LogP contribution in [0, 0.1) is 0 Å². The second-order valence-electron chi connectivity index (χ2n) is 19.1. The first kappa shape index (κ1) is 67.1. The summed E-state index contributed by atoms with van der Waals surface area (Å²) >= 11 is 0. The smallest absolute Gasteiger partial charge is 0.306 e. The molecule has 0 aliphatic rings. The Morgan fingerprint density at radius 2 is 0.549 bits per heavy atom. The predicted molar refractivity (Wildman–Crippen MR) is 307 cm³/mol. The van der Waals surface area contributed by atoms with E-state index in [2.05, 4.69) is 130 Å². The van der Waals surface area contributed by atoms with E-state index < -0.39 is 6.10 Å². The van der Waals surface area contributed by atoms with Crippen molar-refractivity contribution in [1.29, 1.82) is 0 Å². The topological polar surface area (TPSA) is 78.9 Å². The molecule has 0 aromatic carbocycles. The number of carbonyl (C=O) groups excluding carboxylic acids is 3. The Morgan fingerprint density at radius 1 is 0.296 bits per heavy atom. The van der Waals surface area contributed by atoms with Crippen LogP contribution in [0.3, 0.4) is 0 Å². The number of allylic oxidation sites excluding steroid dienone is 18. The third kappa shape index (κ3) is 56.9. The number of esters is 3. The van der Waals surface area contributed by atoms with Crippen molar-refractivity contribution in [3.05, 3.63) is 109 Å². The third-order valence-corrected chi connectivity index (χ3v) is 12.2. The van der Waals surface area contributed by atoms with Crippen LogP contribution in [0.5, 0.6) is 0 Å². The molecule has 0 radical (unpaired) electrons. The van der Waals surface area contributed by atoms with E-state index in [1.54, 1.807) is 0 Å². The molecule has 0 aromatic heterocycles. The van der Waals surface area contributed by atoms with Crippen molar-refractivity contribution < 1.29 is 28.6 Å². The minimum atomic E-state index is -0.793. The highest BCUT2D eigenvalue weighted by Gasteiger charge is 2.19. The zero-order valence-electron chi connectivity index (χ0n) is 46.2. The van der Waals surface area contributed by atoms with Gasteiger partial charge in [-0.15, -0.1) is 0 Å². The van der Waals surface area contributed by atoms with E-state index in [0.29, 0.717) is 19.3 Å². The molecule has 0 aliphatic carbocycles. The van der Waals surface area contributed by atoms with Gasteiger partial charge in [0, 0.05) is 19.3 Å². The molecule has 0 saturated heterocycles. The first-order valence-corrected chi connectivity index (χ1v) is 29.4. The number of carbonyl (C=O) groups is 3. The summed E-state index contributed by atoms with van der Waals surface area (Å²) in [6.45, 7) is 6.36. The van der Waals surface area contributed by atoms with Crippen LogP contribution in [0.4, 0.5) is 0 Å². The molecule has 0 aliphatic heterocycles. The second kappa shape index (κ2) is 58.6. The highest BCUT2D eigenvalue weighted by atomic mass is 16.6. The number of unbranched alkanes of at least 4 members (excludes halogenated alkanes) is 23. The molecule has 0 heterocycles. The minimum absolute atomic E-state index is 0.0898. The molecule has 0 spiro atoms. The van der Waals surface area contributed by atoms with Crippen LogP contribution in [-0.4, -0.2) is 37.2 Å². The Morgan fingerprint density at radius 3 is 0.873 bits per heavy atom. The molecule has 1 atom stereocenters. The first-order chi connectivity index (χ1) is 35.0. The normalized spacial score (nSPS) is 12.9. The van der Waals surface area contributed by atoms with Gasteiger partial charge in [-0.1, -0.05) is 239 Å². The zero-order chi connectivity index (χ0) is 51.4. The molecule has 71 heavy (non-hydrogen) atoms. The number of ether oxygens (including phenoxy) is 3. The van der Waals surface area contributed by atoms with Gasteiger partial charge >= 0.3 is 17.9 Å². The summed E-state index contributed by atoms with van der Waals surface area (Å²) in [7, 11) is 0. The zero-order valence-corrected chi connectivity index (χ0v) is 46.2. The molecule has 6 heteroatoms. The Labute approximate surface area is 438 Å². The van der Waals surface area contributed by atoms with Crippen LogP contribution in [0.1, 0.15) is 265 Å². The maximum Gasteiger partial charge on any atom is 0.306 e. The summed E-state index contributed by atoms with van der Waals surface area (Å²) < 4.78 is 16.8. The SMILES string of the molecule is CC/C=C\C/C=C\C/C=C\C/C=C\CCCCCCCCCCCCC(=O)OCC(COC(=O)CCCCCCC/C=C\CCCC)OC(=O)CCCCCCCC/C=C\C/C=C\C/C=C\C/C=C\CC. The first-order valence-electron chi connectivity index (χ1n) is 29.4. The number of rotatable bonds is 52. The lowest BCUT2D eigenvalue weighted by atomic mass is 10.1. The van der Waals surface area contributed by atoms with Gasteiger partial charge in [0.2, 0.25) is 0 Å². The standard InChI is InChI=1S/C65H108O6/c1-4-7-10-13-16-19-22-24-26-28-30-31-32-33-35-36-38-40-43-46-49-52-55-58-64(67)70-61-62(60-69-63(66)57-54-51-48-45-42-21-18-15-12-9-6-3)71-65(68)59-56-53-50-47-44-41-39-37-34-29-27-25-23-20-17-14-11-8-5-2/h7-8,10-11,15-20,24-27,30-31,34,37,62H,4-6,9,12-14,21-23,28-29,32-33,35-36,38-61H2,1-3H3/b10-7-,11-8-,18-15-,19-16-,20-17-,26-24-,27-25-,31-30-,37-34-. The van der Waals surface area contributed by atoms with Gasteiger partial charge in [0.05, 0.1) is 0 Å². The quantitative estimate of drug-likeness (QED) is 0.0261. The summed E-state index contributed by atoms with van der Waals surface area (Å²) in [5.41, 5.74) is 0. The minimum Gasteiger partial charge on any atom is -0.462 e. The van der Waals surface area contributed by atoms with E-state index in [-0.39, 0.29) is 31.1 Å². The van der Waals surface area contributed by atoms with Crippen molar-refractivity contribution in [1.82, 2.24) is 0 Å². The van der Waals surface area contributed by atoms with Crippen molar-refractivity contribution >= 4 is 17.9 Å². The molecule has 0 rings (SSSR count). The van der Waals surface area contributed by atoms with E-state index in [1.165, 1.54) is 89.9 Å². The van der Waals surface area contributed by atoms with Gasteiger partial charge in [0.25, 0.3) is 0 Å². The third-order valence-electron chi connectivity index (χ3n) is 12.2. The van der Waals surface area contributed by atoms with E-state index in [9.17, 15) is 14.4 Å². The van der Waals surface area contributed by atoms with Crippen LogP contribution < -0.4 is 0 Å². The van der Waals surface area contributed by atoms with Crippen LogP contribution in [0.2, 0.25) is 0 Å². The van der Waals surface area contributed by atoms with Crippen LogP contribution in [0.25, 0.3) is 0 Å². The molecular formula is C65H108O6. The molecule has 1 unspecified atom stereocenters. The van der Waals surface area contributed by atoms with Gasteiger partial charge < -0.3 is 14.2 Å². The lowest BCUT2D eigenvalue weighted by Gasteiger charge is -2.18. The van der Waals surface area contributed by atoms with Crippen molar-refractivity contribution in [2.75, 3.05) is 13.2 Å². The van der Waals surface area contributed by atoms with Gasteiger partial charge in [-0.05, 0) is 116 Å². The summed E-state index contributed by atoms with van der Waals surface area (Å²) in [5.74, 6) is -0.916. The molecule has 0 N–H and O–H groups in total. The van der Waals surface area contributed by atoms with Crippen LogP contribution >= 0.6 is 0 Å². The highest BCUT2D eigenvalue weighted by Crippen LogP contribution is 2.15. The summed E-state index contributed by atoms with van der Waals surface area (Å²) in [5, 5.41) is 0. The van der Waals surface area contributed by atoms with Crippen molar-refractivity contribution in [2.24, 2.45) is 0 Å². The average Bonchev–Trinajstić information content (AvgIpc) is 3.37. The van der Waals surface area contributed by atoms with Gasteiger partial charge in [-0.25, -0.2) is 0 Å². The fourth-order valence-corrected chi connectivity index (χ4v) is 7.88. The van der Waals surface area contributed by atoms with Crippen molar-refractivity contribution in [3.8, 4) is 0 Å². The molecule has 0 amide bonds. The van der Waals surface area contributed by atoms with E-state index in [1.807, 2.05) is 0 Å². The van der Waals surface area contributed by atoms with Crippen molar-refractivity contribution in [2.45, 2.75) is 271 Å². The summed E-state index contributed by atoms with van der Waals surface area (Å²) in [4.78, 5) is 38.2. The number of hydrogen-bond donors (Lipinski definition) is 0. The van der Waals surface area contributed by atoms with E-state index in [0.717, 1.165) is 135 Å². The Bertz CT molecular complexity index is 1460. The fourth-order valence-electron chi connectivity index (χ4n) is 7.88. The molecule has 0 aromatic rings. The molecule has 0 bridgehead atoms. The maximum atomic E-state index is 12.9. The average molecular weight is 986 g/mol. The molecule has 0 fully saturated rings. The Hall–Kier alpha value is -3.93. The van der Waals surface area contributed by atoms with Gasteiger partial charge in [0.1, 0.15) is 13.2 Å². The number of hydrogen-bond acceptors (Lipinski definition) is 6. The van der Waals surface area contributed by atoms with Gasteiger partial charge in [0.15, 0.2) is 6.10 Å². The molecular weight excluding hydrogens is 877 g/mol. The Kier molecular flexibility index (Phi) is 55.4. The predicted octanol–water partition coefficient (Wildman–Crippen LogP) is 19.9. The largest absolute Gasteiger partial charge is 0.462 e. The summed E-state index contributed by atoms with van der Waals surface area (Å²) in [6, 6.07) is 0. The maximum absolute atomic E-state index is 12.9. The molecule has 0 saturated carbocycles. The molecule has 6 nitrogen and oxygen atoms in total. The van der Waals surface area contributed by atoms with E-state index >= 15 is 0 Å². The van der Waals surface area contributed by atoms with Crippen LogP contribution in [0.15, 0.2) is 109 Å². The summed E-state index contributed by atoms with van der Waals surface area (Å²) in [6.07, 6.45) is 79.4. The lowest BCUT2D eigenvalue weighted by Crippen LogP contribution is -2.30. The Balaban J connectivity index is 4.35. The lowest BCUT2D eigenvalue weighted by molar-refractivity contribution is -0.167.